The first-order valence-electron chi connectivity index (χ1n) is 8.43. The lowest BCUT2D eigenvalue weighted by Crippen LogP contribution is -2.12. The van der Waals surface area contributed by atoms with Crippen molar-refractivity contribution >= 4 is 17.6 Å². The van der Waals surface area contributed by atoms with Crippen molar-refractivity contribution in [2.45, 2.75) is 38.1 Å². The van der Waals surface area contributed by atoms with Gasteiger partial charge in [0.15, 0.2) is 0 Å². The first-order chi connectivity index (χ1) is 12.0. The van der Waals surface area contributed by atoms with Gasteiger partial charge in [0.05, 0.1) is 11.3 Å². The highest BCUT2D eigenvalue weighted by atomic mass is 16.4. The van der Waals surface area contributed by atoms with Crippen molar-refractivity contribution in [1.82, 2.24) is 4.98 Å². The molecule has 130 valence electrons. The Morgan fingerprint density at radius 2 is 2.04 bits per heavy atom. The van der Waals surface area contributed by atoms with Gasteiger partial charge in [0.1, 0.15) is 0 Å². The number of fused-ring (bicyclic) bond motifs is 4. The molecule has 1 aromatic carbocycles. The van der Waals surface area contributed by atoms with Gasteiger partial charge in [0, 0.05) is 29.9 Å². The van der Waals surface area contributed by atoms with Crippen LogP contribution in [0.15, 0.2) is 36.5 Å². The molecule has 6 heteroatoms. The van der Waals surface area contributed by atoms with Gasteiger partial charge in [-0.1, -0.05) is 12.8 Å². The summed E-state index contributed by atoms with van der Waals surface area (Å²) in [6.07, 6.45) is 5.59. The highest BCUT2D eigenvalue weighted by Crippen LogP contribution is 2.31. The predicted molar refractivity (Wildman–Crippen MR) is 95.3 cm³/mol. The normalized spacial score (nSPS) is 18.1. The second-order valence-electron chi connectivity index (χ2n) is 6.29. The molecule has 1 amide bonds. The molecule has 1 aromatic heterocycles. The van der Waals surface area contributed by atoms with Crippen molar-refractivity contribution in [2.75, 3.05) is 5.32 Å². The Kier molecular flexibility index (Phi) is 5.09. The van der Waals surface area contributed by atoms with E-state index in [9.17, 15) is 14.7 Å². The number of nitrogens with one attached hydrogen (secondary N) is 1. The molecule has 25 heavy (non-hydrogen) atoms. The van der Waals surface area contributed by atoms with E-state index in [1.54, 1.807) is 24.4 Å². The monoisotopic (exact) mass is 339 g/mol. The lowest BCUT2D eigenvalue weighted by molar-refractivity contribution is -0.116. The number of rotatable bonds is 1. The molecule has 2 heterocycles. The molecule has 0 saturated carbocycles. The number of hydrogen-bond donors (Lipinski definition) is 3. The van der Waals surface area contributed by atoms with Crippen LogP contribution in [0, 0.1) is 0 Å². The summed E-state index contributed by atoms with van der Waals surface area (Å²) < 4.78 is 0. The van der Waals surface area contributed by atoms with Crippen molar-refractivity contribution in [3.63, 3.8) is 0 Å². The summed E-state index contributed by atoms with van der Waals surface area (Å²) in [7, 11) is 0. The van der Waals surface area contributed by atoms with Crippen LogP contribution in [0.3, 0.4) is 0 Å². The fourth-order valence-electron chi connectivity index (χ4n) is 3.03. The molecule has 2 bridgehead atoms. The minimum atomic E-state index is -1.01. The lowest BCUT2D eigenvalue weighted by atomic mass is 9.98. The van der Waals surface area contributed by atoms with Crippen LogP contribution in [-0.4, -0.2) is 22.0 Å². The summed E-state index contributed by atoms with van der Waals surface area (Å²) in [6, 6.07) is 8.20. The number of carbonyl (C=O) groups excluding carboxylic acids is 1. The quantitative estimate of drug-likeness (QED) is 0.739. The Bertz CT molecular complexity index is 804. The molecule has 1 atom stereocenters. The third-order valence-corrected chi connectivity index (χ3v) is 4.43. The van der Waals surface area contributed by atoms with E-state index in [0.717, 1.165) is 36.9 Å². The highest BCUT2D eigenvalue weighted by molar-refractivity contribution is 5.98. The molecule has 3 rings (SSSR count). The van der Waals surface area contributed by atoms with Gasteiger partial charge in [-0.3, -0.25) is 9.78 Å². The maximum Gasteiger partial charge on any atom is 0.335 e. The average Bonchev–Trinajstić information content (AvgIpc) is 2.61. The molecular formula is C19H21N3O3. The zero-order valence-electron chi connectivity index (χ0n) is 13.9. The first kappa shape index (κ1) is 17.1. The van der Waals surface area contributed by atoms with E-state index in [2.05, 4.69) is 10.3 Å². The van der Waals surface area contributed by atoms with Crippen LogP contribution in [0.1, 0.15) is 54.2 Å². The van der Waals surface area contributed by atoms with Crippen LogP contribution in [0.2, 0.25) is 0 Å². The molecule has 0 unspecified atom stereocenters. The second-order valence-corrected chi connectivity index (χ2v) is 6.29. The smallest absolute Gasteiger partial charge is 0.335 e. The standard InChI is InChI=1S/C19H21N3O3/c20-15-4-2-1-3-5-18(23)22-16-7-6-13(19(24)25)10-14(16)12-8-9-21-17(15)11-12/h6-11,15H,1-5,20H2,(H,22,23)(H,24,25)/t15-/m0/s1. The van der Waals surface area contributed by atoms with E-state index in [4.69, 9.17) is 5.73 Å². The zero-order valence-corrected chi connectivity index (χ0v) is 13.9. The number of carboxylic acid groups (broad SMARTS) is 1. The van der Waals surface area contributed by atoms with Crippen molar-refractivity contribution in [1.29, 1.82) is 0 Å². The number of carbonyl (C=O) groups is 2. The fraction of sp³-hybridized carbons (Fsp3) is 0.316. The van der Waals surface area contributed by atoms with E-state index < -0.39 is 5.97 Å². The van der Waals surface area contributed by atoms with E-state index in [0.29, 0.717) is 17.7 Å². The van der Waals surface area contributed by atoms with E-state index in [-0.39, 0.29) is 17.5 Å². The predicted octanol–water partition coefficient (Wildman–Crippen LogP) is 3.35. The van der Waals surface area contributed by atoms with Crippen molar-refractivity contribution in [3.05, 3.63) is 47.8 Å². The number of pyridine rings is 1. The lowest BCUT2D eigenvalue weighted by Gasteiger charge is -2.14. The first-order valence-corrected chi connectivity index (χ1v) is 8.43. The Labute approximate surface area is 146 Å². The summed E-state index contributed by atoms with van der Waals surface area (Å²) in [4.78, 5) is 27.9. The number of aromatic carboxylic acids is 1. The number of aromatic nitrogens is 1. The molecule has 0 fully saturated rings. The Morgan fingerprint density at radius 3 is 2.84 bits per heavy atom. The summed E-state index contributed by atoms with van der Waals surface area (Å²) in [5.41, 5.74) is 9.23. The van der Waals surface area contributed by atoms with Gasteiger partial charge in [0.25, 0.3) is 0 Å². The van der Waals surface area contributed by atoms with Gasteiger partial charge in [0.2, 0.25) is 5.91 Å². The molecule has 0 saturated heterocycles. The molecule has 0 spiro atoms. The summed E-state index contributed by atoms with van der Waals surface area (Å²) in [5.74, 6) is -1.08. The van der Waals surface area contributed by atoms with Gasteiger partial charge in [-0.25, -0.2) is 4.79 Å². The largest absolute Gasteiger partial charge is 0.478 e. The third-order valence-electron chi connectivity index (χ3n) is 4.43. The molecule has 2 aromatic rings. The minimum absolute atomic E-state index is 0.0675. The number of hydrogen-bond acceptors (Lipinski definition) is 4. The third kappa shape index (κ3) is 4.03. The van der Waals surface area contributed by atoms with Crippen LogP contribution in [0.5, 0.6) is 0 Å². The molecule has 0 radical (unpaired) electrons. The van der Waals surface area contributed by atoms with Gasteiger partial charge in [-0.05, 0) is 48.7 Å². The van der Waals surface area contributed by atoms with Crippen LogP contribution in [0.4, 0.5) is 5.69 Å². The second kappa shape index (κ2) is 7.44. The van der Waals surface area contributed by atoms with Gasteiger partial charge < -0.3 is 16.2 Å². The van der Waals surface area contributed by atoms with Crippen LogP contribution < -0.4 is 11.1 Å². The molecule has 4 N–H and O–H groups in total. The van der Waals surface area contributed by atoms with Gasteiger partial charge >= 0.3 is 5.97 Å². The van der Waals surface area contributed by atoms with Gasteiger partial charge in [-0.2, -0.15) is 0 Å². The Balaban J connectivity index is 2.11. The maximum absolute atomic E-state index is 12.2. The number of nitrogens with zero attached hydrogens (tertiary/aromatic N) is 1. The number of anilines is 1. The molecular weight excluding hydrogens is 318 g/mol. The molecule has 0 aliphatic carbocycles. The summed E-state index contributed by atoms with van der Waals surface area (Å²) >= 11 is 0. The zero-order chi connectivity index (χ0) is 17.8. The minimum Gasteiger partial charge on any atom is -0.478 e. The number of benzene rings is 1. The Hall–Kier alpha value is -2.73. The van der Waals surface area contributed by atoms with Crippen molar-refractivity contribution < 1.29 is 14.7 Å². The van der Waals surface area contributed by atoms with E-state index in [1.807, 2.05) is 6.07 Å². The molecule has 6 nitrogen and oxygen atoms in total. The number of carboxylic acids is 1. The van der Waals surface area contributed by atoms with Gasteiger partial charge in [-0.15, -0.1) is 0 Å². The molecule has 1 aliphatic rings. The molecule has 1 aliphatic heterocycles. The van der Waals surface area contributed by atoms with E-state index >= 15 is 0 Å². The SMILES string of the molecule is N[C@H]1CCCCCC(=O)Nc2ccc(C(=O)O)cc2-c2ccnc1c2. The van der Waals surface area contributed by atoms with Crippen LogP contribution >= 0.6 is 0 Å². The van der Waals surface area contributed by atoms with Crippen LogP contribution in [0.25, 0.3) is 11.1 Å². The topological polar surface area (TPSA) is 105 Å². The maximum atomic E-state index is 12.2. The Morgan fingerprint density at radius 1 is 1.20 bits per heavy atom. The summed E-state index contributed by atoms with van der Waals surface area (Å²) in [6.45, 7) is 0. The number of nitrogens with two attached hydrogens (primary N) is 1. The van der Waals surface area contributed by atoms with Crippen molar-refractivity contribution in [3.8, 4) is 11.1 Å². The van der Waals surface area contributed by atoms with Crippen LogP contribution in [-0.2, 0) is 4.79 Å². The highest BCUT2D eigenvalue weighted by Gasteiger charge is 2.16. The van der Waals surface area contributed by atoms with E-state index in [1.165, 1.54) is 6.07 Å². The summed E-state index contributed by atoms with van der Waals surface area (Å²) in [5, 5.41) is 12.2. The number of amides is 1. The average molecular weight is 339 g/mol. The van der Waals surface area contributed by atoms with Crippen molar-refractivity contribution in [2.24, 2.45) is 5.73 Å². The fourth-order valence-corrected chi connectivity index (χ4v) is 3.03.